The Bertz CT molecular complexity index is 462. The topological polar surface area (TPSA) is 47.3 Å². The molecule has 2 rings (SSSR count). The lowest BCUT2D eigenvalue weighted by Crippen LogP contribution is -2.35. The molecular formula is C15H20N2O. The molecule has 0 amide bonds. The molecule has 18 heavy (non-hydrogen) atoms. The average molecular weight is 244 g/mol. The van der Waals surface area contributed by atoms with Gasteiger partial charge in [-0.25, -0.2) is 0 Å². The molecule has 0 radical (unpaired) electrons. The Morgan fingerprint density at radius 3 is 2.89 bits per heavy atom. The van der Waals surface area contributed by atoms with Gasteiger partial charge in [-0.15, -0.1) is 0 Å². The van der Waals surface area contributed by atoms with Gasteiger partial charge in [-0.3, -0.25) is 0 Å². The first-order valence-electron chi connectivity index (χ1n) is 6.59. The summed E-state index contributed by atoms with van der Waals surface area (Å²) in [4.78, 5) is 2.30. The van der Waals surface area contributed by atoms with Crippen LogP contribution in [0.5, 0.6) is 0 Å². The Morgan fingerprint density at radius 2 is 2.28 bits per heavy atom. The van der Waals surface area contributed by atoms with Crippen LogP contribution in [-0.4, -0.2) is 18.2 Å². The zero-order valence-corrected chi connectivity index (χ0v) is 11.1. The van der Waals surface area contributed by atoms with E-state index in [1.165, 1.54) is 12.8 Å². The predicted octanol–water partition coefficient (Wildman–Crippen LogP) is 2.85. The number of aliphatic hydroxyl groups excluding tert-OH is 1. The van der Waals surface area contributed by atoms with Gasteiger partial charge in [0.25, 0.3) is 0 Å². The molecule has 0 spiro atoms. The Labute approximate surface area is 109 Å². The van der Waals surface area contributed by atoms with Crippen LogP contribution < -0.4 is 4.90 Å². The van der Waals surface area contributed by atoms with Crippen LogP contribution >= 0.6 is 0 Å². The van der Waals surface area contributed by atoms with E-state index in [4.69, 9.17) is 5.26 Å². The third-order valence-corrected chi connectivity index (χ3v) is 3.61. The van der Waals surface area contributed by atoms with Gasteiger partial charge in [0.1, 0.15) is 0 Å². The first kappa shape index (κ1) is 12.9. The number of rotatable bonds is 2. The van der Waals surface area contributed by atoms with Gasteiger partial charge in [-0.05, 0) is 37.8 Å². The number of nitrogens with zero attached hydrogens (tertiary/aromatic N) is 2. The Morgan fingerprint density at radius 1 is 1.50 bits per heavy atom. The van der Waals surface area contributed by atoms with E-state index in [-0.39, 0.29) is 0 Å². The van der Waals surface area contributed by atoms with Crippen LogP contribution in [-0.2, 0) is 0 Å². The van der Waals surface area contributed by atoms with Crippen molar-refractivity contribution in [1.82, 2.24) is 0 Å². The van der Waals surface area contributed by atoms with Crippen molar-refractivity contribution < 1.29 is 5.11 Å². The molecule has 1 heterocycles. The molecule has 1 aromatic rings. The highest BCUT2D eigenvalue weighted by molar-refractivity contribution is 5.58. The summed E-state index contributed by atoms with van der Waals surface area (Å²) in [6, 6.07) is 7.73. The van der Waals surface area contributed by atoms with E-state index >= 15 is 0 Å². The maximum absolute atomic E-state index is 9.86. The van der Waals surface area contributed by atoms with E-state index in [1.54, 1.807) is 13.0 Å². The van der Waals surface area contributed by atoms with E-state index in [9.17, 15) is 5.11 Å². The van der Waals surface area contributed by atoms with E-state index in [2.05, 4.69) is 17.9 Å². The van der Waals surface area contributed by atoms with Gasteiger partial charge < -0.3 is 10.0 Å². The molecule has 96 valence electrons. The van der Waals surface area contributed by atoms with Crippen molar-refractivity contribution in [3.05, 3.63) is 29.3 Å². The number of piperidine rings is 1. The van der Waals surface area contributed by atoms with Crippen molar-refractivity contribution in [3.63, 3.8) is 0 Å². The zero-order valence-electron chi connectivity index (χ0n) is 11.1. The smallest absolute Gasteiger partial charge is 0.0992 e. The SMILES string of the molecule is CC1CCCN(c2cc(C#N)ccc2C(C)O)C1. The fourth-order valence-corrected chi connectivity index (χ4v) is 2.65. The van der Waals surface area contributed by atoms with Gasteiger partial charge in [0.15, 0.2) is 0 Å². The van der Waals surface area contributed by atoms with Crippen LogP contribution in [0.3, 0.4) is 0 Å². The molecule has 3 heteroatoms. The third kappa shape index (κ3) is 2.65. The minimum Gasteiger partial charge on any atom is -0.389 e. The van der Waals surface area contributed by atoms with E-state index < -0.39 is 6.10 Å². The first-order valence-corrected chi connectivity index (χ1v) is 6.59. The molecule has 1 fully saturated rings. The average Bonchev–Trinajstić information content (AvgIpc) is 2.38. The maximum Gasteiger partial charge on any atom is 0.0992 e. The lowest BCUT2D eigenvalue weighted by Gasteiger charge is -2.34. The summed E-state index contributed by atoms with van der Waals surface area (Å²) in [5, 5.41) is 18.9. The van der Waals surface area contributed by atoms with Gasteiger partial charge >= 0.3 is 0 Å². The largest absolute Gasteiger partial charge is 0.389 e. The van der Waals surface area contributed by atoms with E-state index in [0.29, 0.717) is 11.5 Å². The molecule has 3 nitrogen and oxygen atoms in total. The summed E-state index contributed by atoms with van der Waals surface area (Å²) in [6.07, 6.45) is 1.94. The van der Waals surface area contributed by atoms with Gasteiger partial charge in [-0.1, -0.05) is 13.0 Å². The molecule has 0 aliphatic carbocycles. The molecule has 2 atom stereocenters. The van der Waals surface area contributed by atoms with Crippen molar-refractivity contribution in [2.45, 2.75) is 32.8 Å². The molecule has 1 aromatic carbocycles. The van der Waals surface area contributed by atoms with Crippen LogP contribution in [0.25, 0.3) is 0 Å². The molecule has 1 aliphatic heterocycles. The fraction of sp³-hybridized carbons (Fsp3) is 0.533. The summed E-state index contributed by atoms with van der Waals surface area (Å²) >= 11 is 0. The zero-order chi connectivity index (χ0) is 13.1. The quantitative estimate of drug-likeness (QED) is 0.870. The summed E-state index contributed by atoms with van der Waals surface area (Å²) in [5.41, 5.74) is 2.60. The van der Waals surface area contributed by atoms with E-state index in [0.717, 1.165) is 24.3 Å². The van der Waals surface area contributed by atoms with Crippen molar-refractivity contribution in [2.24, 2.45) is 5.92 Å². The molecule has 1 N–H and O–H groups in total. The van der Waals surface area contributed by atoms with E-state index in [1.807, 2.05) is 12.1 Å². The summed E-state index contributed by atoms with van der Waals surface area (Å²) in [5.74, 6) is 0.673. The number of anilines is 1. The number of hydrogen-bond donors (Lipinski definition) is 1. The highest BCUT2D eigenvalue weighted by Gasteiger charge is 2.20. The standard InChI is InChI=1S/C15H20N2O/c1-11-4-3-7-17(10-11)15-8-13(9-16)5-6-14(15)12(2)18/h5-6,8,11-12,18H,3-4,7,10H2,1-2H3. The van der Waals surface area contributed by atoms with Gasteiger partial charge in [-0.2, -0.15) is 5.26 Å². The second-order valence-electron chi connectivity index (χ2n) is 5.25. The second-order valence-corrected chi connectivity index (χ2v) is 5.25. The van der Waals surface area contributed by atoms with Crippen LogP contribution in [0.4, 0.5) is 5.69 Å². The van der Waals surface area contributed by atoms with Crippen LogP contribution in [0, 0.1) is 17.2 Å². The molecule has 0 aromatic heterocycles. The summed E-state index contributed by atoms with van der Waals surface area (Å²) in [6.45, 7) is 6.05. The fourth-order valence-electron chi connectivity index (χ4n) is 2.65. The Hall–Kier alpha value is -1.53. The summed E-state index contributed by atoms with van der Waals surface area (Å²) in [7, 11) is 0. The predicted molar refractivity (Wildman–Crippen MR) is 72.4 cm³/mol. The molecular weight excluding hydrogens is 224 g/mol. The molecule has 1 saturated heterocycles. The van der Waals surface area contributed by atoms with Crippen molar-refractivity contribution >= 4 is 5.69 Å². The lowest BCUT2D eigenvalue weighted by molar-refractivity contribution is 0.199. The Balaban J connectivity index is 2.37. The normalized spacial score (nSPS) is 21.4. The number of nitriles is 1. The van der Waals surface area contributed by atoms with Crippen molar-refractivity contribution in [3.8, 4) is 6.07 Å². The molecule has 2 unspecified atom stereocenters. The number of benzene rings is 1. The molecule has 0 bridgehead atoms. The lowest BCUT2D eigenvalue weighted by atomic mass is 9.97. The monoisotopic (exact) mass is 244 g/mol. The van der Waals surface area contributed by atoms with Gasteiger partial charge in [0.2, 0.25) is 0 Å². The molecule has 1 aliphatic rings. The maximum atomic E-state index is 9.86. The highest BCUT2D eigenvalue weighted by Crippen LogP contribution is 2.30. The minimum atomic E-state index is -0.495. The first-order chi connectivity index (χ1) is 8.61. The van der Waals surface area contributed by atoms with Crippen LogP contribution in [0.2, 0.25) is 0 Å². The molecule has 0 saturated carbocycles. The van der Waals surface area contributed by atoms with Crippen molar-refractivity contribution in [2.75, 3.05) is 18.0 Å². The third-order valence-electron chi connectivity index (χ3n) is 3.61. The number of aliphatic hydroxyl groups is 1. The van der Waals surface area contributed by atoms with Gasteiger partial charge in [0.05, 0.1) is 17.7 Å². The Kier molecular flexibility index (Phi) is 3.88. The summed E-state index contributed by atoms with van der Waals surface area (Å²) < 4.78 is 0. The number of hydrogen-bond acceptors (Lipinski definition) is 3. The van der Waals surface area contributed by atoms with Crippen LogP contribution in [0.15, 0.2) is 18.2 Å². The minimum absolute atomic E-state index is 0.495. The van der Waals surface area contributed by atoms with Gasteiger partial charge in [0, 0.05) is 24.3 Å². The van der Waals surface area contributed by atoms with Crippen LogP contribution in [0.1, 0.15) is 43.9 Å². The van der Waals surface area contributed by atoms with Crippen molar-refractivity contribution in [1.29, 1.82) is 5.26 Å². The highest BCUT2D eigenvalue weighted by atomic mass is 16.3. The second kappa shape index (κ2) is 5.41.